The van der Waals surface area contributed by atoms with Gasteiger partial charge in [-0.15, -0.1) is 0 Å². The molecule has 0 fully saturated rings. The van der Waals surface area contributed by atoms with Crippen LogP contribution in [-0.4, -0.2) is 5.78 Å². The summed E-state index contributed by atoms with van der Waals surface area (Å²) >= 11 is 0. The molecule has 0 saturated heterocycles. The van der Waals surface area contributed by atoms with Crippen molar-refractivity contribution >= 4 is 5.78 Å². The molecule has 0 saturated carbocycles. The van der Waals surface area contributed by atoms with Gasteiger partial charge < -0.3 is 4.74 Å². The number of halogens is 1. The number of Topliss-reactive ketones (excluding diaryl/α,β-unsaturated/α-hetero) is 1. The lowest BCUT2D eigenvalue weighted by Gasteiger charge is -2.12. The number of carbonyl (C=O) groups is 1. The first-order valence-electron chi connectivity index (χ1n) is 7.72. The van der Waals surface area contributed by atoms with E-state index in [1.165, 1.54) is 13.0 Å². The standard InChI is InChI=1S/C21H17FO2/c1-15(23)18-12-11-17(19-9-5-6-10-20(19)22)13-21(18)24-14-16-7-3-2-4-8-16/h2-13H,14H2,1H3. The highest BCUT2D eigenvalue weighted by Crippen LogP contribution is 2.30. The first-order valence-corrected chi connectivity index (χ1v) is 7.72. The molecule has 0 unspecified atom stereocenters. The van der Waals surface area contributed by atoms with Crippen molar-refractivity contribution in [2.75, 3.05) is 0 Å². The summed E-state index contributed by atoms with van der Waals surface area (Å²) in [5.41, 5.74) is 2.66. The number of carbonyl (C=O) groups excluding carboxylic acids is 1. The molecule has 120 valence electrons. The minimum Gasteiger partial charge on any atom is -0.488 e. The van der Waals surface area contributed by atoms with Crippen LogP contribution in [0.2, 0.25) is 0 Å². The molecular formula is C21H17FO2. The number of rotatable bonds is 5. The van der Waals surface area contributed by atoms with Crippen LogP contribution in [0.5, 0.6) is 5.75 Å². The molecule has 24 heavy (non-hydrogen) atoms. The van der Waals surface area contributed by atoms with Crippen LogP contribution in [0.4, 0.5) is 4.39 Å². The molecule has 0 bridgehead atoms. The van der Waals surface area contributed by atoms with Gasteiger partial charge in [0.15, 0.2) is 5.78 Å². The van der Waals surface area contributed by atoms with Gasteiger partial charge in [-0.05, 0) is 36.2 Å². The molecule has 0 aliphatic heterocycles. The Bertz CT molecular complexity index is 857. The SMILES string of the molecule is CC(=O)c1ccc(-c2ccccc2F)cc1OCc1ccccc1. The predicted molar refractivity (Wildman–Crippen MR) is 92.6 cm³/mol. The zero-order valence-electron chi connectivity index (χ0n) is 13.3. The fourth-order valence-corrected chi connectivity index (χ4v) is 2.53. The average molecular weight is 320 g/mol. The van der Waals surface area contributed by atoms with Crippen molar-refractivity contribution in [3.63, 3.8) is 0 Å². The maximum atomic E-state index is 14.0. The van der Waals surface area contributed by atoms with Crippen LogP contribution in [0.3, 0.4) is 0 Å². The van der Waals surface area contributed by atoms with Gasteiger partial charge in [0.05, 0.1) is 5.56 Å². The third-order valence-electron chi connectivity index (χ3n) is 3.78. The smallest absolute Gasteiger partial charge is 0.163 e. The monoisotopic (exact) mass is 320 g/mol. The van der Waals surface area contributed by atoms with E-state index in [0.29, 0.717) is 29.0 Å². The largest absolute Gasteiger partial charge is 0.488 e. The second-order valence-corrected chi connectivity index (χ2v) is 5.52. The Labute approximate surface area is 140 Å². The summed E-state index contributed by atoms with van der Waals surface area (Å²) in [6.07, 6.45) is 0. The lowest BCUT2D eigenvalue weighted by atomic mass is 10.0. The van der Waals surface area contributed by atoms with E-state index >= 15 is 0 Å². The van der Waals surface area contributed by atoms with Gasteiger partial charge in [0, 0.05) is 5.56 Å². The van der Waals surface area contributed by atoms with Gasteiger partial charge in [-0.25, -0.2) is 4.39 Å². The van der Waals surface area contributed by atoms with Crippen LogP contribution in [0.25, 0.3) is 11.1 Å². The molecule has 0 atom stereocenters. The molecular weight excluding hydrogens is 303 g/mol. The van der Waals surface area contributed by atoms with Gasteiger partial charge in [0.1, 0.15) is 18.2 Å². The maximum Gasteiger partial charge on any atom is 0.163 e. The van der Waals surface area contributed by atoms with E-state index in [4.69, 9.17) is 4.74 Å². The number of ether oxygens (including phenoxy) is 1. The van der Waals surface area contributed by atoms with Gasteiger partial charge in [-0.2, -0.15) is 0 Å². The Morgan fingerprint density at radius 1 is 0.958 bits per heavy atom. The van der Waals surface area contributed by atoms with E-state index in [1.807, 2.05) is 30.3 Å². The first kappa shape index (κ1) is 15.9. The molecule has 0 aliphatic rings. The molecule has 0 radical (unpaired) electrons. The summed E-state index contributed by atoms with van der Waals surface area (Å²) in [5.74, 6) is 0.0762. The summed E-state index contributed by atoms with van der Waals surface area (Å²) in [6, 6.07) is 21.4. The van der Waals surface area contributed by atoms with Crippen LogP contribution in [0, 0.1) is 5.82 Å². The molecule has 0 heterocycles. The van der Waals surface area contributed by atoms with Crippen molar-refractivity contribution < 1.29 is 13.9 Å². The highest BCUT2D eigenvalue weighted by Gasteiger charge is 2.12. The normalized spacial score (nSPS) is 10.4. The summed E-state index contributed by atoms with van der Waals surface area (Å²) < 4.78 is 19.9. The number of benzene rings is 3. The fourth-order valence-electron chi connectivity index (χ4n) is 2.53. The van der Waals surface area contributed by atoms with Gasteiger partial charge in [0.2, 0.25) is 0 Å². The molecule has 0 aliphatic carbocycles. The van der Waals surface area contributed by atoms with E-state index in [0.717, 1.165) is 5.56 Å². The third-order valence-corrected chi connectivity index (χ3v) is 3.78. The van der Waals surface area contributed by atoms with Gasteiger partial charge in [-0.1, -0.05) is 54.6 Å². The van der Waals surface area contributed by atoms with Gasteiger partial charge >= 0.3 is 0 Å². The minimum absolute atomic E-state index is 0.0851. The molecule has 0 N–H and O–H groups in total. The molecule has 3 aromatic rings. The van der Waals surface area contributed by atoms with E-state index in [-0.39, 0.29) is 11.6 Å². The van der Waals surface area contributed by atoms with Crippen molar-refractivity contribution in [2.45, 2.75) is 13.5 Å². The summed E-state index contributed by atoms with van der Waals surface area (Å²) in [4.78, 5) is 11.8. The zero-order valence-corrected chi connectivity index (χ0v) is 13.3. The lowest BCUT2D eigenvalue weighted by molar-refractivity contribution is 0.101. The fraction of sp³-hybridized carbons (Fsp3) is 0.0952. The second-order valence-electron chi connectivity index (χ2n) is 5.52. The maximum absolute atomic E-state index is 14.0. The van der Waals surface area contributed by atoms with Crippen LogP contribution in [-0.2, 0) is 6.61 Å². The number of ketones is 1. The van der Waals surface area contributed by atoms with E-state index < -0.39 is 0 Å². The Morgan fingerprint density at radius 3 is 2.38 bits per heavy atom. The van der Waals surface area contributed by atoms with E-state index in [1.54, 1.807) is 36.4 Å². The summed E-state index contributed by atoms with van der Waals surface area (Å²) in [7, 11) is 0. The first-order chi connectivity index (χ1) is 11.6. The van der Waals surface area contributed by atoms with Crippen LogP contribution >= 0.6 is 0 Å². The van der Waals surface area contributed by atoms with Gasteiger partial charge in [-0.3, -0.25) is 4.79 Å². The zero-order chi connectivity index (χ0) is 16.9. The number of hydrogen-bond donors (Lipinski definition) is 0. The van der Waals surface area contributed by atoms with Crippen LogP contribution < -0.4 is 4.74 Å². The minimum atomic E-state index is -0.304. The van der Waals surface area contributed by atoms with Crippen molar-refractivity contribution in [1.29, 1.82) is 0 Å². The Balaban J connectivity index is 1.95. The topological polar surface area (TPSA) is 26.3 Å². The van der Waals surface area contributed by atoms with Crippen LogP contribution in [0.15, 0.2) is 72.8 Å². The average Bonchev–Trinajstić information content (AvgIpc) is 2.61. The highest BCUT2D eigenvalue weighted by molar-refractivity contribution is 5.97. The number of hydrogen-bond acceptors (Lipinski definition) is 2. The van der Waals surface area contributed by atoms with E-state index in [2.05, 4.69) is 0 Å². The predicted octanol–water partition coefficient (Wildman–Crippen LogP) is 5.27. The van der Waals surface area contributed by atoms with Crippen molar-refractivity contribution in [1.82, 2.24) is 0 Å². The summed E-state index contributed by atoms with van der Waals surface area (Å²) in [5, 5.41) is 0. The van der Waals surface area contributed by atoms with Gasteiger partial charge in [0.25, 0.3) is 0 Å². The highest BCUT2D eigenvalue weighted by atomic mass is 19.1. The summed E-state index contributed by atoms with van der Waals surface area (Å²) in [6.45, 7) is 1.84. The molecule has 3 heteroatoms. The van der Waals surface area contributed by atoms with Crippen molar-refractivity contribution in [2.24, 2.45) is 0 Å². The molecule has 0 spiro atoms. The Kier molecular flexibility index (Phi) is 4.71. The molecule has 0 amide bonds. The van der Waals surface area contributed by atoms with E-state index in [9.17, 15) is 9.18 Å². The third kappa shape index (κ3) is 3.51. The quantitative estimate of drug-likeness (QED) is 0.598. The molecule has 3 aromatic carbocycles. The molecule has 0 aromatic heterocycles. The molecule has 3 rings (SSSR count). The molecule has 2 nitrogen and oxygen atoms in total. The van der Waals surface area contributed by atoms with Crippen molar-refractivity contribution in [3.05, 3.63) is 89.7 Å². The van der Waals surface area contributed by atoms with Crippen LogP contribution in [0.1, 0.15) is 22.8 Å². The lowest BCUT2D eigenvalue weighted by Crippen LogP contribution is -2.02. The Morgan fingerprint density at radius 2 is 1.67 bits per heavy atom. The Hall–Kier alpha value is -2.94. The van der Waals surface area contributed by atoms with Crippen molar-refractivity contribution in [3.8, 4) is 16.9 Å². The second kappa shape index (κ2) is 7.09.